The largest absolute Gasteiger partial charge is 0.497 e. The molecule has 0 saturated carbocycles. The molecule has 1 aromatic heterocycles. The molecule has 0 spiro atoms. The van der Waals surface area contributed by atoms with Crippen LogP contribution >= 0.6 is 11.8 Å². The molecule has 1 unspecified atom stereocenters. The van der Waals surface area contributed by atoms with Gasteiger partial charge < -0.3 is 14.6 Å². The Hall–Kier alpha value is -3.73. The van der Waals surface area contributed by atoms with E-state index in [9.17, 15) is 19.7 Å². The van der Waals surface area contributed by atoms with Crippen molar-refractivity contribution >= 4 is 29.1 Å². The standard InChI is InChI=1S/C22H23N5O5S/c1-14(23-20(29)11-15-7-9-18(32-3)10-8-15)21-24-25-22(26(21)2)33-13-19(28)16-5-4-6-17(12-16)27(30)31/h4-10,12,14H,11,13H2,1-3H3,(H,23,29). The molecule has 1 amide bonds. The van der Waals surface area contributed by atoms with Gasteiger partial charge in [-0.1, -0.05) is 36.0 Å². The molecule has 0 bridgehead atoms. The number of carbonyl (C=O) groups is 2. The van der Waals surface area contributed by atoms with E-state index in [1.165, 1.54) is 30.0 Å². The number of methoxy groups -OCH3 is 1. The summed E-state index contributed by atoms with van der Waals surface area (Å²) in [5.74, 6) is 0.898. The van der Waals surface area contributed by atoms with E-state index in [1.54, 1.807) is 43.8 Å². The van der Waals surface area contributed by atoms with Gasteiger partial charge in [-0.25, -0.2) is 0 Å². The Morgan fingerprint density at radius 3 is 2.61 bits per heavy atom. The van der Waals surface area contributed by atoms with Gasteiger partial charge in [-0.2, -0.15) is 0 Å². The fourth-order valence-corrected chi connectivity index (χ4v) is 3.93. The van der Waals surface area contributed by atoms with E-state index in [4.69, 9.17) is 4.74 Å². The number of non-ortho nitro benzene ring substituents is 1. The lowest BCUT2D eigenvalue weighted by Crippen LogP contribution is -2.29. The summed E-state index contributed by atoms with van der Waals surface area (Å²) in [7, 11) is 3.34. The number of thioether (sulfide) groups is 1. The minimum atomic E-state index is -0.538. The van der Waals surface area contributed by atoms with E-state index in [0.29, 0.717) is 11.0 Å². The molecule has 0 fully saturated rings. The Balaban J connectivity index is 1.57. The minimum absolute atomic E-state index is 0.0470. The summed E-state index contributed by atoms with van der Waals surface area (Å²) in [6.45, 7) is 1.80. The Kier molecular flexibility index (Phi) is 7.78. The molecule has 10 nitrogen and oxygen atoms in total. The van der Waals surface area contributed by atoms with Crippen LogP contribution in [0.5, 0.6) is 5.75 Å². The average molecular weight is 470 g/mol. The number of carbonyl (C=O) groups excluding carboxylic acids is 2. The molecular weight excluding hydrogens is 446 g/mol. The highest BCUT2D eigenvalue weighted by atomic mass is 32.2. The molecule has 1 N–H and O–H groups in total. The summed E-state index contributed by atoms with van der Waals surface area (Å²) >= 11 is 1.17. The smallest absolute Gasteiger partial charge is 0.270 e. The SMILES string of the molecule is COc1ccc(CC(=O)NC(C)c2nnc(SCC(=O)c3cccc([N+](=O)[O-])c3)n2C)cc1. The van der Waals surface area contributed by atoms with E-state index < -0.39 is 11.0 Å². The number of rotatable bonds is 10. The van der Waals surface area contributed by atoms with Crippen molar-refractivity contribution in [2.75, 3.05) is 12.9 Å². The second-order valence-corrected chi connectivity index (χ2v) is 8.18. The summed E-state index contributed by atoms with van der Waals surface area (Å²) in [6.07, 6.45) is 0.214. The number of benzene rings is 2. The zero-order valence-electron chi connectivity index (χ0n) is 18.3. The summed E-state index contributed by atoms with van der Waals surface area (Å²) < 4.78 is 6.83. The fourth-order valence-electron chi connectivity index (χ4n) is 3.12. The molecule has 0 saturated heterocycles. The molecule has 0 aliphatic carbocycles. The third-order valence-electron chi connectivity index (χ3n) is 4.87. The maximum Gasteiger partial charge on any atom is 0.270 e. The number of nitro groups is 1. The Bertz CT molecular complexity index is 1160. The number of ether oxygens (including phenoxy) is 1. The molecule has 172 valence electrons. The van der Waals surface area contributed by atoms with Crippen LogP contribution in [0.2, 0.25) is 0 Å². The molecule has 33 heavy (non-hydrogen) atoms. The van der Waals surface area contributed by atoms with Crippen molar-refractivity contribution in [3.05, 3.63) is 75.6 Å². The lowest BCUT2D eigenvalue weighted by molar-refractivity contribution is -0.384. The maximum absolute atomic E-state index is 12.4. The summed E-state index contributed by atoms with van der Waals surface area (Å²) in [5, 5.41) is 22.6. The average Bonchev–Trinajstić information content (AvgIpc) is 3.18. The third kappa shape index (κ3) is 6.16. The van der Waals surface area contributed by atoms with Crippen LogP contribution in [0.1, 0.15) is 34.7 Å². The number of nitro benzene ring substituents is 1. The first-order chi connectivity index (χ1) is 15.8. The van der Waals surface area contributed by atoms with Crippen LogP contribution in [0.3, 0.4) is 0 Å². The number of amides is 1. The van der Waals surface area contributed by atoms with Crippen molar-refractivity contribution in [3.63, 3.8) is 0 Å². The topological polar surface area (TPSA) is 129 Å². The van der Waals surface area contributed by atoms with Gasteiger partial charge in [0.25, 0.3) is 5.69 Å². The van der Waals surface area contributed by atoms with Crippen LogP contribution < -0.4 is 10.1 Å². The van der Waals surface area contributed by atoms with E-state index in [2.05, 4.69) is 15.5 Å². The van der Waals surface area contributed by atoms with Gasteiger partial charge in [0, 0.05) is 24.7 Å². The second kappa shape index (κ2) is 10.7. The number of Topliss-reactive ketones (excluding diaryl/α,β-unsaturated/α-hetero) is 1. The molecule has 1 heterocycles. The summed E-state index contributed by atoms with van der Waals surface area (Å²) in [5.41, 5.74) is 0.985. The van der Waals surface area contributed by atoms with Gasteiger partial charge in [0.05, 0.1) is 30.2 Å². The second-order valence-electron chi connectivity index (χ2n) is 7.23. The number of hydrogen-bond acceptors (Lipinski definition) is 8. The van der Waals surface area contributed by atoms with E-state index in [-0.39, 0.29) is 35.1 Å². The van der Waals surface area contributed by atoms with Crippen molar-refractivity contribution in [2.45, 2.75) is 24.5 Å². The van der Waals surface area contributed by atoms with E-state index >= 15 is 0 Å². The van der Waals surface area contributed by atoms with Crippen molar-refractivity contribution in [1.29, 1.82) is 0 Å². The number of nitrogens with zero attached hydrogens (tertiary/aromatic N) is 4. The molecule has 2 aromatic carbocycles. The number of nitrogens with one attached hydrogen (secondary N) is 1. The van der Waals surface area contributed by atoms with Crippen molar-refractivity contribution in [3.8, 4) is 5.75 Å². The van der Waals surface area contributed by atoms with Gasteiger partial charge in [0.2, 0.25) is 5.91 Å². The predicted octanol–water partition coefficient (Wildman–Crippen LogP) is 3.13. The maximum atomic E-state index is 12.4. The van der Waals surface area contributed by atoms with Gasteiger partial charge in [-0.15, -0.1) is 10.2 Å². The molecule has 1 atom stereocenters. The van der Waals surface area contributed by atoms with Crippen LogP contribution in [0.25, 0.3) is 0 Å². The van der Waals surface area contributed by atoms with Crippen LogP contribution in [0.15, 0.2) is 53.7 Å². The van der Waals surface area contributed by atoms with Crippen molar-refractivity contribution < 1.29 is 19.2 Å². The lowest BCUT2D eigenvalue weighted by atomic mass is 10.1. The predicted molar refractivity (Wildman–Crippen MR) is 122 cm³/mol. The highest BCUT2D eigenvalue weighted by Gasteiger charge is 2.19. The van der Waals surface area contributed by atoms with Crippen LogP contribution in [-0.4, -0.2) is 44.2 Å². The van der Waals surface area contributed by atoms with Gasteiger partial charge in [0.15, 0.2) is 16.8 Å². The lowest BCUT2D eigenvalue weighted by Gasteiger charge is -2.14. The molecule has 11 heteroatoms. The third-order valence-corrected chi connectivity index (χ3v) is 5.89. The molecule has 0 aliphatic rings. The Labute approximate surface area is 194 Å². The number of ketones is 1. The van der Waals surface area contributed by atoms with Gasteiger partial charge in [-0.05, 0) is 24.6 Å². The normalized spacial score (nSPS) is 11.6. The molecule has 3 rings (SSSR count). The zero-order chi connectivity index (χ0) is 24.0. The zero-order valence-corrected chi connectivity index (χ0v) is 19.2. The number of aromatic nitrogens is 3. The van der Waals surface area contributed by atoms with Crippen LogP contribution in [-0.2, 0) is 18.3 Å². The highest BCUT2D eigenvalue weighted by Crippen LogP contribution is 2.22. The number of hydrogen-bond donors (Lipinski definition) is 1. The summed E-state index contributed by atoms with van der Waals surface area (Å²) in [4.78, 5) is 35.2. The molecule has 3 aromatic rings. The first-order valence-corrected chi connectivity index (χ1v) is 11.0. The molecule has 0 aliphatic heterocycles. The van der Waals surface area contributed by atoms with Crippen molar-refractivity contribution in [2.24, 2.45) is 7.05 Å². The first-order valence-electron chi connectivity index (χ1n) is 10.0. The highest BCUT2D eigenvalue weighted by molar-refractivity contribution is 7.99. The van der Waals surface area contributed by atoms with E-state index in [0.717, 1.165) is 11.3 Å². The quantitative estimate of drug-likeness (QED) is 0.207. The van der Waals surface area contributed by atoms with Gasteiger partial charge in [-0.3, -0.25) is 19.7 Å². The molecular formula is C22H23N5O5S. The van der Waals surface area contributed by atoms with Crippen LogP contribution in [0, 0.1) is 10.1 Å². The van der Waals surface area contributed by atoms with Crippen molar-refractivity contribution in [1.82, 2.24) is 20.1 Å². The summed E-state index contributed by atoms with van der Waals surface area (Å²) in [6, 6.07) is 12.5. The first kappa shape index (κ1) is 23.9. The van der Waals surface area contributed by atoms with Gasteiger partial charge >= 0.3 is 0 Å². The Morgan fingerprint density at radius 2 is 1.94 bits per heavy atom. The van der Waals surface area contributed by atoms with Crippen LogP contribution in [0.4, 0.5) is 5.69 Å². The minimum Gasteiger partial charge on any atom is -0.497 e. The molecule has 0 radical (unpaired) electrons. The van der Waals surface area contributed by atoms with E-state index in [1.807, 2.05) is 12.1 Å². The van der Waals surface area contributed by atoms with Gasteiger partial charge in [0.1, 0.15) is 5.75 Å². The monoisotopic (exact) mass is 469 g/mol. The Morgan fingerprint density at radius 1 is 1.21 bits per heavy atom. The fraction of sp³-hybridized carbons (Fsp3) is 0.273.